The Balaban J connectivity index is 1.29. The second-order valence-electron chi connectivity index (χ2n) is 6.62. The van der Waals surface area contributed by atoms with Gasteiger partial charge < -0.3 is 19.6 Å². The normalized spacial score (nSPS) is 17.5. The van der Waals surface area contributed by atoms with Crippen LogP contribution < -0.4 is 10.2 Å². The molecule has 2 N–H and O–H groups in total. The third kappa shape index (κ3) is 3.84. The Morgan fingerprint density at radius 2 is 2.35 bits per heavy atom. The first-order valence-electron chi connectivity index (χ1n) is 8.99. The molecule has 1 atom stereocenters. The zero-order valence-corrected chi connectivity index (χ0v) is 14.5. The van der Waals surface area contributed by atoms with Crippen molar-refractivity contribution < 1.29 is 9.21 Å². The Labute approximate surface area is 151 Å². The molecule has 1 fully saturated rings. The average molecular weight is 354 g/mol. The van der Waals surface area contributed by atoms with Crippen molar-refractivity contribution in [3.05, 3.63) is 36.5 Å². The number of imidazole rings is 1. The predicted molar refractivity (Wildman–Crippen MR) is 96.7 cm³/mol. The summed E-state index contributed by atoms with van der Waals surface area (Å²) in [5.74, 6) is 1.27. The molecule has 3 aromatic rings. The summed E-state index contributed by atoms with van der Waals surface area (Å²) in [6.45, 7) is 2.27. The van der Waals surface area contributed by atoms with E-state index in [2.05, 4.69) is 30.2 Å². The van der Waals surface area contributed by atoms with Gasteiger partial charge in [-0.05, 0) is 30.9 Å². The van der Waals surface area contributed by atoms with Crippen LogP contribution in [0.25, 0.3) is 11.2 Å². The largest absolute Gasteiger partial charge is 0.422 e. The molecule has 1 saturated heterocycles. The van der Waals surface area contributed by atoms with Crippen LogP contribution in [-0.4, -0.2) is 45.5 Å². The average Bonchev–Trinajstić information content (AvgIpc) is 3.31. The number of carbonyl (C=O) groups is 1. The molecule has 0 radical (unpaired) electrons. The number of pyridine rings is 1. The number of piperidine rings is 1. The second-order valence-corrected chi connectivity index (χ2v) is 6.62. The maximum Gasteiger partial charge on any atom is 0.299 e. The van der Waals surface area contributed by atoms with Gasteiger partial charge in [0.1, 0.15) is 5.82 Å². The van der Waals surface area contributed by atoms with Crippen LogP contribution in [0.3, 0.4) is 0 Å². The Bertz CT molecular complexity index is 827. The quantitative estimate of drug-likeness (QED) is 0.701. The van der Waals surface area contributed by atoms with Crippen LogP contribution in [0.2, 0.25) is 0 Å². The molecule has 0 aliphatic carbocycles. The van der Waals surface area contributed by atoms with Gasteiger partial charge in [0.2, 0.25) is 11.6 Å². The number of nitrogens with one attached hydrogen (secondary N) is 2. The summed E-state index contributed by atoms with van der Waals surface area (Å²) in [6, 6.07) is 4.30. The highest BCUT2D eigenvalue weighted by molar-refractivity contribution is 5.76. The first-order valence-corrected chi connectivity index (χ1v) is 8.99. The summed E-state index contributed by atoms with van der Waals surface area (Å²) >= 11 is 0. The van der Waals surface area contributed by atoms with Crippen LogP contribution in [0, 0.1) is 5.92 Å². The SMILES string of the molecule is O=C(CC1CCCN(c2nc3ncccc3o2)C1)NCCc1ncc[nH]1. The highest BCUT2D eigenvalue weighted by Gasteiger charge is 2.25. The lowest BCUT2D eigenvalue weighted by atomic mass is 9.94. The summed E-state index contributed by atoms with van der Waals surface area (Å²) < 4.78 is 5.81. The summed E-state index contributed by atoms with van der Waals surface area (Å²) in [5, 5.41) is 2.98. The number of aromatic amines is 1. The van der Waals surface area contributed by atoms with Crippen molar-refractivity contribution in [3.8, 4) is 0 Å². The van der Waals surface area contributed by atoms with Crippen molar-refractivity contribution in [2.45, 2.75) is 25.7 Å². The number of hydrogen-bond donors (Lipinski definition) is 2. The number of hydrogen-bond acceptors (Lipinski definition) is 6. The van der Waals surface area contributed by atoms with Crippen molar-refractivity contribution in [3.63, 3.8) is 0 Å². The number of nitrogens with zero attached hydrogens (tertiary/aromatic N) is 4. The Hall–Kier alpha value is -2.90. The number of anilines is 1. The maximum absolute atomic E-state index is 12.2. The number of oxazole rings is 1. The standard InChI is InChI=1S/C18H22N6O2/c25-16(21-7-5-15-19-8-9-20-15)11-13-3-2-10-24(12-13)18-23-17-14(26-18)4-1-6-22-17/h1,4,6,8-9,13H,2-3,5,7,10-12H2,(H,19,20)(H,21,25). The van der Waals surface area contributed by atoms with E-state index in [1.54, 1.807) is 18.6 Å². The first kappa shape index (κ1) is 16.6. The molecule has 3 aromatic heterocycles. The van der Waals surface area contributed by atoms with E-state index in [1.807, 2.05) is 12.1 Å². The minimum atomic E-state index is 0.0858. The minimum Gasteiger partial charge on any atom is -0.422 e. The van der Waals surface area contributed by atoms with Crippen LogP contribution in [-0.2, 0) is 11.2 Å². The zero-order chi connectivity index (χ0) is 17.8. The highest BCUT2D eigenvalue weighted by Crippen LogP contribution is 2.26. The van der Waals surface area contributed by atoms with Gasteiger partial charge >= 0.3 is 0 Å². The van der Waals surface area contributed by atoms with E-state index in [0.29, 0.717) is 42.5 Å². The van der Waals surface area contributed by atoms with Crippen molar-refractivity contribution in [1.82, 2.24) is 25.3 Å². The highest BCUT2D eigenvalue weighted by atomic mass is 16.4. The summed E-state index contributed by atoms with van der Waals surface area (Å²) in [6.07, 6.45) is 8.52. The van der Waals surface area contributed by atoms with Gasteiger partial charge in [-0.3, -0.25) is 4.79 Å². The van der Waals surface area contributed by atoms with E-state index < -0.39 is 0 Å². The lowest BCUT2D eigenvalue weighted by Gasteiger charge is -2.31. The van der Waals surface area contributed by atoms with Crippen LogP contribution in [0.4, 0.5) is 6.01 Å². The van der Waals surface area contributed by atoms with E-state index >= 15 is 0 Å². The molecule has 4 heterocycles. The smallest absolute Gasteiger partial charge is 0.299 e. The maximum atomic E-state index is 12.2. The number of fused-ring (bicyclic) bond motifs is 1. The molecule has 0 saturated carbocycles. The number of H-pyrrole nitrogens is 1. The minimum absolute atomic E-state index is 0.0858. The van der Waals surface area contributed by atoms with Gasteiger partial charge in [0.05, 0.1) is 0 Å². The molecule has 1 aliphatic heterocycles. The van der Waals surface area contributed by atoms with Crippen LogP contribution in [0.1, 0.15) is 25.1 Å². The van der Waals surface area contributed by atoms with Crippen molar-refractivity contribution in [1.29, 1.82) is 0 Å². The van der Waals surface area contributed by atoms with Gasteiger partial charge in [0, 0.05) is 51.1 Å². The van der Waals surface area contributed by atoms with Crippen LogP contribution in [0.5, 0.6) is 0 Å². The number of carbonyl (C=O) groups excluding carboxylic acids is 1. The van der Waals surface area contributed by atoms with Gasteiger partial charge in [0.15, 0.2) is 5.58 Å². The van der Waals surface area contributed by atoms with Gasteiger partial charge in [-0.25, -0.2) is 9.97 Å². The van der Waals surface area contributed by atoms with Crippen molar-refractivity contribution >= 4 is 23.2 Å². The first-order chi connectivity index (χ1) is 12.8. The molecular formula is C18H22N6O2. The Morgan fingerprint density at radius 1 is 1.38 bits per heavy atom. The van der Waals surface area contributed by atoms with E-state index in [4.69, 9.17) is 4.42 Å². The molecule has 8 heteroatoms. The number of amides is 1. The zero-order valence-electron chi connectivity index (χ0n) is 14.5. The van der Waals surface area contributed by atoms with E-state index in [1.165, 1.54) is 0 Å². The molecule has 1 aliphatic rings. The lowest BCUT2D eigenvalue weighted by Crippen LogP contribution is -2.38. The van der Waals surface area contributed by atoms with Gasteiger partial charge in [-0.1, -0.05) is 0 Å². The lowest BCUT2D eigenvalue weighted by molar-refractivity contribution is -0.122. The molecule has 26 heavy (non-hydrogen) atoms. The summed E-state index contributed by atoms with van der Waals surface area (Å²) in [4.78, 5) is 30.2. The fourth-order valence-corrected chi connectivity index (χ4v) is 3.39. The molecular weight excluding hydrogens is 332 g/mol. The molecule has 136 valence electrons. The van der Waals surface area contributed by atoms with Gasteiger partial charge in [0.25, 0.3) is 6.01 Å². The number of rotatable bonds is 6. The molecule has 4 rings (SSSR count). The molecule has 0 spiro atoms. The summed E-state index contributed by atoms with van der Waals surface area (Å²) in [5.41, 5.74) is 1.32. The molecule has 8 nitrogen and oxygen atoms in total. The molecule has 1 unspecified atom stereocenters. The second kappa shape index (κ2) is 7.55. The fourth-order valence-electron chi connectivity index (χ4n) is 3.39. The molecule has 0 bridgehead atoms. The topological polar surface area (TPSA) is 99.9 Å². The van der Waals surface area contributed by atoms with Gasteiger partial charge in [-0.2, -0.15) is 4.98 Å². The third-order valence-electron chi connectivity index (χ3n) is 4.66. The summed E-state index contributed by atoms with van der Waals surface area (Å²) in [7, 11) is 0. The van der Waals surface area contributed by atoms with Crippen molar-refractivity contribution in [2.24, 2.45) is 5.92 Å². The monoisotopic (exact) mass is 354 g/mol. The van der Waals surface area contributed by atoms with Crippen molar-refractivity contribution in [2.75, 3.05) is 24.5 Å². The van der Waals surface area contributed by atoms with E-state index in [-0.39, 0.29) is 5.91 Å². The van der Waals surface area contributed by atoms with Crippen LogP contribution >= 0.6 is 0 Å². The molecule has 0 aromatic carbocycles. The predicted octanol–water partition coefficient (Wildman–Crippen LogP) is 1.91. The van der Waals surface area contributed by atoms with Gasteiger partial charge in [-0.15, -0.1) is 0 Å². The Morgan fingerprint density at radius 3 is 3.19 bits per heavy atom. The van der Waals surface area contributed by atoms with E-state index in [0.717, 1.165) is 31.8 Å². The third-order valence-corrected chi connectivity index (χ3v) is 4.66. The fraction of sp³-hybridized carbons (Fsp3) is 0.444. The van der Waals surface area contributed by atoms with E-state index in [9.17, 15) is 4.79 Å². The molecule has 1 amide bonds. The van der Waals surface area contributed by atoms with Crippen LogP contribution in [0.15, 0.2) is 35.1 Å². The number of aromatic nitrogens is 4. The Kier molecular flexibility index (Phi) is 4.81.